The summed E-state index contributed by atoms with van der Waals surface area (Å²) in [6, 6.07) is 3.53. The maximum absolute atomic E-state index is 11.6. The fourth-order valence-electron chi connectivity index (χ4n) is 1.69. The molecule has 1 aromatic carbocycles. The molecule has 0 aliphatic rings. The molecule has 0 spiro atoms. The molecule has 1 rings (SSSR count). The lowest BCUT2D eigenvalue weighted by Crippen LogP contribution is -2.03. The van der Waals surface area contributed by atoms with E-state index in [1.54, 1.807) is 6.07 Å². The topological polar surface area (TPSA) is 34.1 Å². The fraction of sp³-hybridized carbons (Fsp3) is 0.500. The van der Waals surface area contributed by atoms with Crippen molar-refractivity contribution in [3.63, 3.8) is 0 Å². The summed E-state index contributed by atoms with van der Waals surface area (Å²) in [4.78, 5) is 0.223. The van der Waals surface area contributed by atoms with Crippen LogP contribution in [0.4, 0.5) is 0 Å². The van der Waals surface area contributed by atoms with Gasteiger partial charge in [0, 0.05) is 15.2 Å². The quantitative estimate of drug-likeness (QED) is 0.753. The van der Waals surface area contributed by atoms with Gasteiger partial charge in [-0.2, -0.15) is 0 Å². The molecular weight excluding hydrogens is 324 g/mol. The summed E-state index contributed by atoms with van der Waals surface area (Å²) in [7, 11) is 1.79. The number of halogens is 2. The third-order valence-corrected chi connectivity index (χ3v) is 4.70. The van der Waals surface area contributed by atoms with Crippen LogP contribution in [0.5, 0.6) is 0 Å². The zero-order valence-electron chi connectivity index (χ0n) is 10.3. The summed E-state index contributed by atoms with van der Waals surface area (Å²) in [6.45, 7) is 7.92. The first kappa shape index (κ1) is 15.0. The number of hydrogen-bond acceptors (Lipinski definition) is 2. The van der Waals surface area contributed by atoms with Crippen molar-refractivity contribution in [2.45, 2.75) is 44.4 Å². The van der Waals surface area contributed by atoms with Crippen LogP contribution >= 0.6 is 26.6 Å². The minimum atomic E-state index is -3.70. The summed E-state index contributed by atoms with van der Waals surface area (Å²) < 4.78 is 24.1. The highest BCUT2D eigenvalue weighted by Gasteiger charge is 2.21. The Morgan fingerprint density at radius 1 is 1.06 bits per heavy atom. The summed E-state index contributed by atoms with van der Waals surface area (Å²) in [6.07, 6.45) is 0. The second-order valence-electron chi connectivity index (χ2n) is 4.66. The molecule has 17 heavy (non-hydrogen) atoms. The monoisotopic (exact) mass is 338 g/mol. The first-order valence-electron chi connectivity index (χ1n) is 5.42. The standard InChI is InChI=1S/C12H16BrClO2S/c1-7(2)9-6-12(17(14,15)16)10(8(3)4)5-11(9)13/h5-8H,1-4H3. The van der Waals surface area contributed by atoms with Crippen LogP contribution in [0.15, 0.2) is 21.5 Å². The summed E-state index contributed by atoms with van der Waals surface area (Å²) in [5.41, 5.74) is 1.70. The molecule has 0 fully saturated rings. The lowest BCUT2D eigenvalue weighted by atomic mass is 9.97. The Kier molecular flexibility index (Phi) is 4.67. The Morgan fingerprint density at radius 3 is 1.88 bits per heavy atom. The molecule has 5 heteroatoms. The molecule has 0 atom stereocenters. The summed E-state index contributed by atoms with van der Waals surface area (Å²) in [5.74, 6) is 0.346. The average Bonchev–Trinajstić information content (AvgIpc) is 2.14. The summed E-state index contributed by atoms with van der Waals surface area (Å²) >= 11 is 3.48. The van der Waals surface area contributed by atoms with Gasteiger partial charge < -0.3 is 0 Å². The third kappa shape index (κ3) is 3.46. The number of benzene rings is 1. The van der Waals surface area contributed by atoms with Crippen LogP contribution in [-0.4, -0.2) is 8.42 Å². The molecule has 0 aliphatic heterocycles. The highest BCUT2D eigenvalue weighted by Crippen LogP contribution is 2.34. The molecule has 0 bridgehead atoms. The maximum Gasteiger partial charge on any atom is 0.261 e. The largest absolute Gasteiger partial charge is 0.261 e. The van der Waals surface area contributed by atoms with Gasteiger partial charge in [0.05, 0.1) is 4.90 Å². The Morgan fingerprint density at radius 2 is 1.53 bits per heavy atom. The van der Waals surface area contributed by atoms with E-state index in [2.05, 4.69) is 15.9 Å². The van der Waals surface area contributed by atoms with Gasteiger partial charge in [-0.1, -0.05) is 43.6 Å². The van der Waals surface area contributed by atoms with Gasteiger partial charge in [0.2, 0.25) is 0 Å². The van der Waals surface area contributed by atoms with E-state index in [0.29, 0.717) is 0 Å². The van der Waals surface area contributed by atoms with Crippen molar-refractivity contribution in [2.24, 2.45) is 0 Å². The Labute approximate surface area is 116 Å². The van der Waals surface area contributed by atoms with Gasteiger partial charge in [0.25, 0.3) is 9.05 Å². The fourth-order valence-corrected chi connectivity index (χ4v) is 3.75. The minimum Gasteiger partial charge on any atom is -0.207 e. The van der Waals surface area contributed by atoms with Gasteiger partial charge in [-0.05, 0) is 35.1 Å². The predicted octanol–water partition coefficient (Wildman–Crippen LogP) is 4.62. The second-order valence-corrected chi connectivity index (χ2v) is 8.05. The van der Waals surface area contributed by atoms with Crippen molar-refractivity contribution in [3.05, 3.63) is 27.7 Å². The van der Waals surface area contributed by atoms with Gasteiger partial charge in [-0.3, -0.25) is 0 Å². The van der Waals surface area contributed by atoms with Gasteiger partial charge in [-0.25, -0.2) is 8.42 Å². The van der Waals surface area contributed by atoms with Gasteiger partial charge in [-0.15, -0.1) is 0 Å². The molecule has 0 radical (unpaired) electrons. The normalized spacial score (nSPS) is 12.5. The minimum absolute atomic E-state index is 0.107. The zero-order chi connectivity index (χ0) is 13.4. The van der Waals surface area contributed by atoms with Crippen LogP contribution in [0.3, 0.4) is 0 Å². The van der Waals surface area contributed by atoms with Crippen LogP contribution in [0, 0.1) is 0 Å². The highest BCUT2D eigenvalue weighted by molar-refractivity contribution is 9.10. The van der Waals surface area contributed by atoms with E-state index >= 15 is 0 Å². The second kappa shape index (κ2) is 5.29. The van der Waals surface area contributed by atoms with E-state index < -0.39 is 9.05 Å². The Bertz CT molecular complexity index is 522. The average molecular weight is 340 g/mol. The Hall–Kier alpha value is -0.0600. The van der Waals surface area contributed by atoms with E-state index in [1.807, 2.05) is 33.8 Å². The molecule has 0 saturated heterocycles. The lowest BCUT2D eigenvalue weighted by molar-refractivity contribution is 0.607. The molecule has 0 amide bonds. The van der Waals surface area contributed by atoms with E-state index in [9.17, 15) is 8.42 Å². The van der Waals surface area contributed by atoms with E-state index in [-0.39, 0.29) is 16.7 Å². The molecule has 0 saturated carbocycles. The van der Waals surface area contributed by atoms with Gasteiger partial charge in [0.15, 0.2) is 0 Å². The molecular formula is C12H16BrClO2S. The van der Waals surface area contributed by atoms with Crippen LogP contribution in [0.2, 0.25) is 0 Å². The van der Waals surface area contributed by atoms with Crippen molar-refractivity contribution < 1.29 is 8.42 Å². The molecule has 1 aromatic rings. The van der Waals surface area contributed by atoms with Gasteiger partial charge in [0.1, 0.15) is 0 Å². The third-order valence-electron chi connectivity index (χ3n) is 2.64. The van der Waals surface area contributed by atoms with Gasteiger partial charge >= 0.3 is 0 Å². The van der Waals surface area contributed by atoms with Crippen LogP contribution in [0.25, 0.3) is 0 Å². The van der Waals surface area contributed by atoms with Crippen molar-refractivity contribution in [1.82, 2.24) is 0 Å². The molecule has 0 unspecified atom stereocenters. The first-order chi connectivity index (χ1) is 7.64. The van der Waals surface area contributed by atoms with E-state index in [1.165, 1.54) is 0 Å². The van der Waals surface area contributed by atoms with Crippen molar-refractivity contribution >= 4 is 35.7 Å². The zero-order valence-corrected chi connectivity index (χ0v) is 13.4. The number of hydrogen-bond donors (Lipinski definition) is 0. The van der Waals surface area contributed by atoms with Crippen LogP contribution in [-0.2, 0) is 9.05 Å². The predicted molar refractivity (Wildman–Crippen MR) is 75.4 cm³/mol. The maximum atomic E-state index is 11.6. The molecule has 0 N–H and O–H groups in total. The van der Waals surface area contributed by atoms with E-state index in [0.717, 1.165) is 15.6 Å². The van der Waals surface area contributed by atoms with Crippen LogP contribution < -0.4 is 0 Å². The van der Waals surface area contributed by atoms with Crippen molar-refractivity contribution in [2.75, 3.05) is 0 Å². The van der Waals surface area contributed by atoms with Crippen molar-refractivity contribution in [3.8, 4) is 0 Å². The molecule has 2 nitrogen and oxygen atoms in total. The number of rotatable bonds is 3. The lowest BCUT2D eigenvalue weighted by Gasteiger charge is -2.16. The molecule has 96 valence electrons. The molecule has 0 heterocycles. The first-order valence-corrected chi connectivity index (χ1v) is 8.52. The molecule has 0 aliphatic carbocycles. The summed E-state index contributed by atoms with van der Waals surface area (Å²) in [5, 5.41) is 0. The van der Waals surface area contributed by atoms with Crippen LogP contribution in [0.1, 0.15) is 50.7 Å². The van der Waals surface area contributed by atoms with Crippen molar-refractivity contribution in [1.29, 1.82) is 0 Å². The SMILES string of the molecule is CC(C)c1cc(S(=O)(=O)Cl)c(C(C)C)cc1Br. The highest BCUT2D eigenvalue weighted by atomic mass is 79.9. The Balaban J connectivity index is 3.60. The van der Waals surface area contributed by atoms with E-state index in [4.69, 9.17) is 10.7 Å². The molecule has 0 aromatic heterocycles. The smallest absolute Gasteiger partial charge is 0.207 e.